The summed E-state index contributed by atoms with van der Waals surface area (Å²) in [4.78, 5) is 12.0. The predicted octanol–water partition coefficient (Wildman–Crippen LogP) is 3.35. The molecule has 0 bridgehead atoms. The number of hydrogen-bond acceptors (Lipinski definition) is 3. The molecule has 4 nitrogen and oxygen atoms in total. The Labute approximate surface area is 137 Å². The normalized spacial score (nSPS) is 10.3. The molecule has 122 valence electrons. The molecule has 1 amide bonds. The number of methoxy groups -OCH3 is 1. The first-order chi connectivity index (χ1) is 11.0. The van der Waals surface area contributed by atoms with E-state index in [0.717, 1.165) is 28.1 Å². The molecule has 0 aliphatic rings. The molecule has 0 saturated carbocycles. The number of anilines is 1. The number of nitrogens with one attached hydrogen (secondary N) is 2. The molecule has 2 aromatic rings. The first-order valence-electron chi connectivity index (χ1n) is 7.71. The SMILES string of the molecule is COc1cccc(CNC(=O)CNc2c(C)cc(C)cc2C)c1. The highest BCUT2D eigenvalue weighted by atomic mass is 16.5. The fourth-order valence-corrected chi connectivity index (χ4v) is 2.67. The molecule has 0 aliphatic carbocycles. The molecule has 0 aliphatic heterocycles. The molecule has 2 N–H and O–H groups in total. The summed E-state index contributed by atoms with van der Waals surface area (Å²) in [5.74, 6) is 0.757. The van der Waals surface area contributed by atoms with E-state index in [2.05, 4.69) is 43.5 Å². The Morgan fingerprint density at radius 2 is 1.78 bits per heavy atom. The highest BCUT2D eigenvalue weighted by molar-refractivity contribution is 5.81. The Bertz CT molecular complexity index is 673. The molecule has 0 fully saturated rings. The molecule has 2 aromatic carbocycles. The van der Waals surface area contributed by atoms with Gasteiger partial charge in [-0.05, 0) is 49.6 Å². The fourth-order valence-electron chi connectivity index (χ4n) is 2.67. The average molecular weight is 312 g/mol. The molecule has 0 unspecified atom stereocenters. The van der Waals surface area contributed by atoms with Gasteiger partial charge in [-0.25, -0.2) is 0 Å². The quantitative estimate of drug-likeness (QED) is 0.860. The van der Waals surface area contributed by atoms with Gasteiger partial charge in [-0.1, -0.05) is 29.8 Å². The smallest absolute Gasteiger partial charge is 0.239 e. The standard InChI is InChI=1S/C19H24N2O2/c1-13-8-14(2)19(15(3)9-13)21-12-18(22)20-11-16-6-5-7-17(10-16)23-4/h5-10,21H,11-12H2,1-4H3,(H,20,22). The Kier molecular flexibility index (Phi) is 5.63. The van der Waals surface area contributed by atoms with Gasteiger partial charge in [0.1, 0.15) is 5.75 Å². The van der Waals surface area contributed by atoms with Gasteiger partial charge in [0.15, 0.2) is 0 Å². The predicted molar refractivity (Wildman–Crippen MR) is 94.0 cm³/mol. The van der Waals surface area contributed by atoms with E-state index >= 15 is 0 Å². The number of rotatable bonds is 6. The van der Waals surface area contributed by atoms with E-state index in [0.29, 0.717) is 6.54 Å². The van der Waals surface area contributed by atoms with Crippen LogP contribution in [0.15, 0.2) is 36.4 Å². The monoisotopic (exact) mass is 312 g/mol. The Morgan fingerprint density at radius 1 is 1.09 bits per heavy atom. The van der Waals surface area contributed by atoms with Gasteiger partial charge in [0.05, 0.1) is 13.7 Å². The lowest BCUT2D eigenvalue weighted by atomic mass is 10.1. The summed E-state index contributed by atoms with van der Waals surface area (Å²) in [6.45, 7) is 6.93. The summed E-state index contributed by atoms with van der Waals surface area (Å²) in [5.41, 5.74) is 5.59. The second kappa shape index (κ2) is 7.68. The Balaban J connectivity index is 1.88. The molecule has 0 heterocycles. The number of carbonyl (C=O) groups excluding carboxylic acids is 1. The molecular weight excluding hydrogens is 288 g/mol. The molecule has 0 radical (unpaired) electrons. The summed E-state index contributed by atoms with van der Waals surface area (Å²) >= 11 is 0. The van der Waals surface area contributed by atoms with Crippen LogP contribution in [0.4, 0.5) is 5.69 Å². The topological polar surface area (TPSA) is 50.4 Å². The van der Waals surface area contributed by atoms with Crippen molar-refractivity contribution in [3.63, 3.8) is 0 Å². The lowest BCUT2D eigenvalue weighted by molar-refractivity contribution is -0.119. The third kappa shape index (κ3) is 4.74. The van der Waals surface area contributed by atoms with Crippen LogP contribution in [0, 0.1) is 20.8 Å². The minimum absolute atomic E-state index is 0.0350. The summed E-state index contributed by atoms with van der Waals surface area (Å²) in [5, 5.41) is 6.14. The molecule has 0 spiro atoms. The van der Waals surface area contributed by atoms with Crippen LogP contribution in [0.5, 0.6) is 5.75 Å². The van der Waals surface area contributed by atoms with Crippen molar-refractivity contribution in [2.45, 2.75) is 27.3 Å². The minimum Gasteiger partial charge on any atom is -0.497 e. The summed E-state index contributed by atoms with van der Waals surface area (Å²) < 4.78 is 5.18. The van der Waals surface area contributed by atoms with Gasteiger partial charge in [0.25, 0.3) is 0 Å². The highest BCUT2D eigenvalue weighted by Gasteiger charge is 2.06. The maximum absolute atomic E-state index is 12.0. The number of hydrogen-bond donors (Lipinski definition) is 2. The van der Waals surface area contributed by atoms with Gasteiger partial charge in [-0.3, -0.25) is 4.79 Å². The molecule has 2 rings (SSSR count). The van der Waals surface area contributed by atoms with E-state index in [4.69, 9.17) is 4.74 Å². The number of benzene rings is 2. The summed E-state index contributed by atoms with van der Waals surface area (Å²) in [6.07, 6.45) is 0. The lowest BCUT2D eigenvalue weighted by Gasteiger charge is -2.14. The molecule has 0 aromatic heterocycles. The van der Waals surface area contributed by atoms with Crippen molar-refractivity contribution in [2.24, 2.45) is 0 Å². The van der Waals surface area contributed by atoms with Gasteiger partial charge in [-0.2, -0.15) is 0 Å². The molecule has 4 heteroatoms. The first-order valence-corrected chi connectivity index (χ1v) is 7.71. The van der Waals surface area contributed by atoms with Crippen molar-refractivity contribution in [1.82, 2.24) is 5.32 Å². The third-order valence-corrected chi connectivity index (χ3v) is 3.73. The molecule has 23 heavy (non-hydrogen) atoms. The van der Waals surface area contributed by atoms with Crippen LogP contribution in [0.25, 0.3) is 0 Å². The van der Waals surface area contributed by atoms with Crippen molar-refractivity contribution < 1.29 is 9.53 Å². The van der Waals surface area contributed by atoms with E-state index in [1.54, 1.807) is 7.11 Å². The third-order valence-electron chi connectivity index (χ3n) is 3.73. The second-order valence-electron chi connectivity index (χ2n) is 5.76. The fraction of sp³-hybridized carbons (Fsp3) is 0.316. The minimum atomic E-state index is -0.0350. The van der Waals surface area contributed by atoms with E-state index in [1.807, 2.05) is 24.3 Å². The Hall–Kier alpha value is -2.49. The van der Waals surface area contributed by atoms with Gasteiger partial charge < -0.3 is 15.4 Å². The van der Waals surface area contributed by atoms with Crippen LogP contribution in [0.2, 0.25) is 0 Å². The van der Waals surface area contributed by atoms with Crippen LogP contribution >= 0.6 is 0 Å². The van der Waals surface area contributed by atoms with Gasteiger partial charge in [0, 0.05) is 12.2 Å². The maximum atomic E-state index is 12.0. The van der Waals surface area contributed by atoms with Crippen molar-refractivity contribution in [3.05, 3.63) is 58.7 Å². The molecule has 0 saturated heterocycles. The zero-order chi connectivity index (χ0) is 16.8. The number of ether oxygens (including phenoxy) is 1. The summed E-state index contributed by atoms with van der Waals surface area (Å²) in [7, 11) is 1.63. The maximum Gasteiger partial charge on any atom is 0.239 e. The van der Waals surface area contributed by atoms with E-state index < -0.39 is 0 Å². The highest BCUT2D eigenvalue weighted by Crippen LogP contribution is 2.21. The molecule has 0 atom stereocenters. The van der Waals surface area contributed by atoms with Gasteiger partial charge >= 0.3 is 0 Å². The van der Waals surface area contributed by atoms with E-state index in [1.165, 1.54) is 5.56 Å². The summed E-state index contributed by atoms with van der Waals surface area (Å²) in [6, 6.07) is 11.9. The lowest BCUT2D eigenvalue weighted by Crippen LogP contribution is -2.29. The van der Waals surface area contributed by atoms with Crippen LogP contribution in [-0.4, -0.2) is 19.6 Å². The van der Waals surface area contributed by atoms with Crippen molar-refractivity contribution >= 4 is 11.6 Å². The second-order valence-corrected chi connectivity index (χ2v) is 5.76. The Morgan fingerprint density at radius 3 is 2.43 bits per heavy atom. The number of amides is 1. The zero-order valence-electron chi connectivity index (χ0n) is 14.2. The van der Waals surface area contributed by atoms with Gasteiger partial charge in [-0.15, -0.1) is 0 Å². The van der Waals surface area contributed by atoms with Crippen LogP contribution < -0.4 is 15.4 Å². The molecular formula is C19H24N2O2. The van der Waals surface area contributed by atoms with Crippen LogP contribution in [0.3, 0.4) is 0 Å². The van der Waals surface area contributed by atoms with Crippen LogP contribution in [-0.2, 0) is 11.3 Å². The van der Waals surface area contributed by atoms with Crippen molar-refractivity contribution in [1.29, 1.82) is 0 Å². The number of aryl methyl sites for hydroxylation is 3. The average Bonchev–Trinajstić information content (AvgIpc) is 2.52. The zero-order valence-corrected chi connectivity index (χ0v) is 14.2. The van der Waals surface area contributed by atoms with Gasteiger partial charge in [0.2, 0.25) is 5.91 Å². The van der Waals surface area contributed by atoms with Crippen molar-refractivity contribution in [3.8, 4) is 5.75 Å². The largest absolute Gasteiger partial charge is 0.497 e. The van der Waals surface area contributed by atoms with E-state index in [-0.39, 0.29) is 12.5 Å². The van der Waals surface area contributed by atoms with Crippen molar-refractivity contribution in [2.75, 3.05) is 19.0 Å². The number of carbonyl (C=O) groups is 1. The van der Waals surface area contributed by atoms with Crippen LogP contribution in [0.1, 0.15) is 22.3 Å². The first kappa shape index (κ1) is 16.9. The van der Waals surface area contributed by atoms with E-state index in [9.17, 15) is 4.79 Å².